The molecule has 2 atom stereocenters. The second-order valence-corrected chi connectivity index (χ2v) is 10.2. The van der Waals surface area contributed by atoms with Crippen LogP contribution in [0.2, 0.25) is 0 Å². The van der Waals surface area contributed by atoms with Crippen molar-refractivity contribution in [2.45, 2.75) is 57.4 Å². The standard InChI is InChI=1S/C29H29FN2O2S/c1-2-3-4-11-27(34)32-24-9-6-5-8-22(24)31-23-17-20(19-12-14-21(30)15-13-19)18-25(33)28(23)29(32)26-10-7-16-35-26/h5-10,12-16,20,29,31H,2-4,11,17-18H2,1H3/t20-,29+/m0/s1. The van der Waals surface area contributed by atoms with Gasteiger partial charge in [0.2, 0.25) is 5.91 Å². The van der Waals surface area contributed by atoms with Crippen LogP contribution in [0.3, 0.4) is 0 Å². The van der Waals surface area contributed by atoms with Gasteiger partial charge in [-0.25, -0.2) is 4.39 Å². The molecule has 5 rings (SSSR count). The molecular formula is C29H29FN2O2S. The number of fused-ring (bicyclic) bond motifs is 1. The second-order valence-electron chi connectivity index (χ2n) is 9.25. The maximum absolute atomic E-state index is 13.8. The largest absolute Gasteiger partial charge is 0.357 e. The summed E-state index contributed by atoms with van der Waals surface area (Å²) in [4.78, 5) is 30.4. The number of benzene rings is 2. The number of anilines is 2. The van der Waals surface area contributed by atoms with Crippen molar-refractivity contribution >= 4 is 34.4 Å². The molecule has 0 bridgehead atoms. The summed E-state index contributed by atoms with van der Waals surface area (Å²) < 4.78 is 13.5. The van der Waals surface area contributed by atoms with Gasteiger partial charge in [-0.3, -0.25) is 14.5 Å². The number of allylic oxidation sites excluding steroid dienone is 1. The molecule has 4 nitrogen and oxygen atoms in total. The number of rotatable bonds is 6. The molecule has 1 N–H and O–H groups in total. The number of carbonyl (C=O) groups excluding carboxylic acids is 2. The minimum atomic E-state index is -0.461. The molecule has 1 aliphatic heterocycles. The number of nitrogens with zero attached hydrogens (tertiary/aromatic N) is 1. The molecule has 0 unspecified atom stereocenters. The average molecular weight is 489 g/mol. The third kappa shape index (κ3) is 4.67. The maximum Gasteiger partial charge on any atom is 0.227 e. The Kier molecular flexibility index (Phi) is 6.82. The highest BCUT2D eigenvalue weighted by Crippen LogP contribution is 2.48. The molecule has 0 spiro atoms. The molecule has 1 amide bonds. The van der Waals surface area contributed by atoms with Crippen LogP contribution in [0.4, 0.5) is 15.8 Å². The van der Waals surface area contributed by atoms with E-state index in [9.17, 15) is 14.0 Å². The summed E-state index contributed by atoms with van der Waals surface area (Å²) in [5.74, 6) is -0.261. The molecule has 2 aromatic carbocycles. The van der Waals surface area contributed by atoms with E-state index >= 15 is 0 Å². The molecular weight excluding hydrogens is 459 g/mol. The van der Waals surface area contributed by atoms with E-state index < -0.39 is 6.04 Å². The third-order valence-electron chi connectivity index (χ3n) is 6.91. The molecule has 2 aliphatic rings. The Morgan fingerprint density at radius 2 is 1.86 bits per heavy atom. The lowest BCUT2D eigenvalue weighted by Crippen LogP contribution is -2.38. The molecule has 6 heteroatoms. The van der Waals surface area contributed by atoms with Crippen molar-refractivity contribution in [2.24, 2.45) is 0 Å². The van der Waals surface area contributed by atoms with Gasteiger partial charge in [0.1, 0.15) is 11.9 Å². The van der Waals surface area contributed by atoms with Crippen LogP contribution in [0.25, 0.3) is 0 Å². The first-order valence-electron chi connectivity index (χ1n) is 12.3. The maximum atomic E-state index is 13.8. The van der Waals surface area contributed by atoms with E-state index in [4.69, 9.17) is 0 Å². The SMILES string of the molecule is CCCCCC(=O)N1c2ccccc2NC2=C(C(=O)C[C@@H](c3ccc(F)cc3)C2)[C@H]1c1cccs1. The van der Waals surface area contributed by atoms with Crippen LogP contribution in [0.15, 0.2) is 77.3 Å². The third-order valence-corrected chi connectivity index (χ3v) is 7.83. The highest BCUT2D eigenvalue weighted by molar-refractivity contribution is 7.10. The van der Waals surface area contributed by atoms with Crippen molar-refractivity contribution < 1.29 is 14.0 Å². The van der Waals surface area contributed by atoms with Crippen molar-refractivity contribution in [2.75, 3.05) is 10.2 Å². The normalized spacial score (nSPS) is 19.6. The van der Waals surface area contributed by atoms with E-state index in [1.54, 1.807) is 23.5 Å². The Balaban J connectivity index is 1.62. The number of hydrogen-bond acceptors (Lipinski definition) is 4. The Morgan fingerprint density at radius 1 is 1.06 bits per heavy atom. The lowest BCUT2D eigenvalue weighted by atomic mass is 9.79. The summed E-state index contributed by atoms with van der Waals surface area (Å²) in [6, 6.07) is 17.8. The van der Waals surface area contributed by atoms with Crippen LogP contribution < -0.4 is 10.2 Å². The van der Waals surface area contributed by atoms with E-state index in [1.165, 1.54) is 12.1 Å². The van der Waals surface area contributed by atoms with Gasteiger partial charge >= 0.3 is 0 Å². The van der Waals surface area contributed by atoms with Crippen molar-refractivity contribution in [1.82, 2.24) is 0 Å². The van der Waals surface area contributed by atoms with Crippen molar-refractivity contribution in [3.8, 4) is 0 Å². The van der Waals surface area contributed by atoms with E-state index in [2.05, 4.69) is 12.2 Å². The van der Waals surface area contributed by atoms with E-state index in [1.807, 2.05) is 46.7 Å². The Hall–Kier alpha value is -3.25. The monoisotopic (exact) mass is 488 g/mol. The predicted molar refractivity (Wildman–Crippen MR) is 139 cm³/mol. The van der Waals surface area contributed by atoms with Crippen LogP contribution in [0.5, 0.6) is 0 Å². The number of carbonyl (C=O) groups is 2. The highest BCUT2D eigenvalue weighted by atomic mass is 32.1. The van der Waals surface area contributed by atoms with Crippen LogP contribution in [-0.2, 0) is 9.59 Å². The number of amides is 1. The van der Waals surface area contributed by atoms with E-state index in [-0.39, 0.29) is 23.4 Å². The number of thiophene rings is 1. The van der Waals surface area contributed by atoms with E-state index in [0.717, 1.165) is 46.8 Å². The van der Waals surface area contributed by atoms with Crippen molar-refractivity contribution in [1.29, 1.82) is 0 Å². The number of halogens is 1. The Bertz CT molecular complexity index is 1250. The zero-order chi connectivity index (χ0) is 24.4. The second kappa shape index (κ2) is 10.2. The first kappa shape index (κ1) is 23.5. The summed E-state index contributed by atoms with van der Waals surface area (Å²) >= 11 is 1.57. The molecule has 0 saturated heterocycles. The lowest BCUT2D eigenvalue weighted by Gasteiger charge is -2.34. The van der Waals surface area contributed by atoms with Crippen LogP contribution >= 0.6 is 11.3 Å². The summed E-state index contributed by atoms with van der Waals surface area (Å²) in [5.41, 5.74) is 4.10. The number of unbranched alkanes of at least 4 members (excludes halogenated alkanes) is 2. The number of Topliss-reactive ketones (excluding diaryl/α,β-unsaturated/α-hetero) is 1. The molecule has 0 saturated carbocycles. The average Bonchev–Trinajstić information content (AvgIpc) is 3.34. The predicted octanol–water partition coefficient (Wildman–Crippen LogP) is 7.37. The van der Waals surface area contributed by atoms with Gasteiger partial charge in [0.25, 0.3) is 0 Å². The molecule has 1 aromatic heterocycles. The first-order valence-corrected chi connectivity index (χ1v) is 13.2. The van der Waals surface area contributed by atoms with Gasteiger partial charge in [-0.1, -0.05) is 50.1 Å². The number of para-hydroxylation sites is 2. The smallest absolute Gasteiger partial charge is 0.227 e. The fourth-order valence-electron chi connectivity index (χ4n) is 5.20. The minimum Gasteiger partial charge on any atom is -0.357 e. The zero-order valence-electron chi connectivity index (χ0n) is 19.8. The van der Waals surface area contributed by atoms with Crippen LogP contribution in [0, 0.1) is 5.82 Å². The molecule has 0 radical (unpaired) electrons. The summed E-state index contributed by atoms with van der Waals surface area (Å²) in [6.07, 6.45) is 4.26. The van der Waals surface area contributed by atoms with Gasteiger partial charge in [0, 0.05) is 29.0 Å². The van der Waals surface area contributed by atoms with Gasteiger partial charge in [0.15, 0.2) is 5.78 Å². The van der Waals surface area contributed by atoms with Crippen LogP contribution in [-0.4, -0.2) is 11.7 Å². The van der Waals surface area contributed by atoms with Crippen molar-refractivity contribution in [3.63, 3.8) is 0 Å². The van der Waals surface area contributed by atoms with Crippen molar-refractivity contribution in [3.05, 3.63) is 93.6 Å². The zero-order valence-corrected chi connectivity index (χ0v) is 20.6. The van der Waals surface area contributed by atoms with Crippen LogP contribution in [0.1, 0.15) is 67.8 Å². The lowest BCUT2D eigenvalue weighted by molar-refractivity contribution is -0.119. The summed E-state index contributed by atoms with van der Waals surface area (Å²) in [6.45, 7) is 2.12. The highest BCUT2D eigenvalue weighted by Gasteiger charge is 2.41. The number of nitrogens with one attached hydrogen (secondary N) is 1. The summed E-state index contributed by atoms with van der Waals surface area (Å²) in [7, 11) is 0. The Morgan fingerprint density at radius 3 is 2.60 bits per heavy atom. The first-order chi connectivity index (χ1) is 17.1. The van der Waals surface area contributed by atoms with Gasteiger partial charge in [-0.05, 0) is 60.0 Å². The van der Waals surface area contributed by atoms with Gasteiger partial charge in [0.05, 0.1) is 11.4 Å². The quantitative estimate of drug-likeness (QED) is 0.369. The molecule has 1 aliphatic carbocycles. The van der Waals surface area contributed by atoms with Gasteiger partial charge in [-0.2, -0.15) is 0 Å². The Labute approximate surface area is 209 Å². The molecule has 0 fully saturated rings. The van der Waals surface area contributed by atoms with Gasteiger partial charge in [-0.15, -0.1) is 11.3 Å². The topological polar surface area (TPSA) is 49.4 Å². The molecule has 2 heterocycles. The number of hydrogen-bond donors (Lipinski definition) is 1. The summed E-state index contributed by atoms with van der Waals surface area (Å²) in [5, 5.41) is 5.54. The van der Waals surface area contributed by atoms with E-state index in [0.29, 0.717) is 24.8 Å². The fourth-order valence-corrected chi connectivity index (χ4v) is 6.02. The fraction of sp³-hybridized carbons (Fsp3) is 0.310. The molecule has 3 aromatic rings. The molecule has 180 valence electrons. The van der Waals surface area contributed by atoms with Gasteiger partial charge < -0.3 is 5.32 Å². The number of ketones is 1. The molecule has 35 heavy (non-hydrogen) atoms. The minimum absolute atomic E-state index is 0.0330.